The van der Waals surface area contributed by atoms with E-state index in [1.54, 1.807) is 0 Å². The normalized spacial score (nSPS) is 43.0. The fraction of sp³-hybridized carbons (Fsp3) is 0.889. The molecule has 112 valence electrons. The molecule has 20 heavy (non-hydrogen) atoms. The molecule has 2 heteroatoms. The van der Waals surface area contributed by atoms with Gasteiger partial charge in [0.1, 0.15) is 11.6 Å². The topological polar surface area (TPSA) is 34.1 Å². The van der Waals surface area contributed by atoms with Crippen LogP contribution in [0.3, 0.4) is 0 Å². The van der Waals surface area contributed by atoms with Gasteiger partial charge in [-0.05, 0) is 62.7 Å². The number of carbonyl (C=O) groups excluding carboxylic acids is 2. The van der Waals surface area contributed by atoms with Crippen molar-refractivity contribution in [3.63, 3.8) is 0 Å². The number of fused-ring (bicyclic) bond motifs is 3. The molecule has 0 aromatic carbocycles. The third kappa shape index (κ3) is 2.46. The van der Waals surface area contributed by atoms with E-state index in [1.807, 2.05) is 0 Å². The summed E-state index contributed by atoms with van der Waals surface area (Å²) in [6, 6.07) is 0. The van der Waals surface area contributed by atoms with E-state index in [-0.39, 0.29) is 5.41 Å². The summed E-state index contributed by atoms with van der Waals surface area (Å²) in [4.78, 5) is 24.0. The Labute approximate surface area is 122 Å². The van der Waals surface area contributed by atoms with Gasteiger partial charge in [0.05, 0.1) is 0 Å². The molecule has 3 aliphatic rings. The van der Waals surface area contributed by atoms with Crippen LogP contribution in [0.1, 0.15) is 77.6 Å². The molecule has 2 unspecified atom stereocenters. The first-order valence-corrected chi connectivity index (χ1v) is 8.66. The van der Waals surface area contributed by atoms with Crippen LogP contribution in [0, 0.1) is 23.2 Å². The minimum absolute atomic E-state index is 0.00109. The van der Waals surface area contributed by atoms with Crippen molar-refractivity contribution in [1.82, 2.24) is 0 Å². The number of rotatable bonds is 0. The van der Waals surface area contributed by atoms with Gasteiger partial charge >= 0.3 is 0 Å². The van der Waals surface area contributed by atoms with E-state index in [4.69, 9.17) is 0 Å². The van der Waals surface area contributed by atoms with Crippen molar-refractivity contribution in [2.24, 2.45) is 23.2 Å². The maximum atomic E-state index is 12.3. The summed E-state index contributed by atoms with van der Waals surface area (Å²) in [7, 11) is 0. The van der Waals surface area contributed by atoms with Crippen molar-refractivity contribution in [2.45, 2.75) is 77.6 Å². The van der Waals surface area contributed by atoms with Gasteiger partial charge in [-0.1, -0.05) is 13.3 Å². The zero-order chi connectivity index (χ0) is 14.2. The highest BCUT2D eigenvalue weighted by Crippen LogP contribution is 2.56. The zero-order valence-electron chi connectivity index (χ0n) is 12.8. The Kier molecular flexibility index (Phi) is 4.01. The molecule has 3 fully saturated rings. The highest BCUT2D eigenvalue weighted by Gasteiger charge is 2.52. The van der Waals surface area contributed by atoms with Crippen molar-refractivity contribution in [1.29, 1.82) is 0 Å². The van der Waals surface area contributed by atoms with E-state index in [9.17, 15) is 9.59 Å². The van der Waals surface area contributed by atoms with Crippen molar-refractivity contribution < 1.29 is 9.59 Å². The largest absolute Gasteiger partial charge is 0.300 e. The van der Waals surface area contributed by atoms with Gasteiger partial charge in [0.2, 0.25) is 0 Å². The van der Waals surface area contributed by atoms with Crippen LogP contribution in [0.2, 0.25) is 0 Å². The lowest BCUT2D eigenvalue weighted by Gasteiger charge is -2.46. The Morgan fingerprint density at radius 2 is 1.70 bits per heavy atom. The standard InChI is InChI=1S/C18H28O2/c1-18-12-11-13-5-4-7-14(19)6-2-3-8-15(13)16(18)9-10-17(18)20/h13,15-16H,2-12H2,1H3/t13?,15-,16?,18+/m0/s1. The van der Waals surface area contributed by atoms with E-state index < -0.39 is 0 Å². The van der Waals surface area contributed by atoms with Crippen molar-refractivity contribution in [2.75, 3.05) is 0 Å². The Balaban J connectivity index is 1.75. The van der Waals surface area contributed by atoms with Crippen molar-refractivity contribution >= 4 is 11.6 Å². The number of hydrogen-bond acceptors (Lipinski definition) is 2. The van der Waals surface area contributed by atoms with Crippen LogP contribution in [-0.2, 0) is 9.59 Å². The molecule has 0 spiro atoms. The Bertz CT molecular complexity index is 400. The lowest BCUT2D eigenvalue weighted by atomic mass is 9.58. The van der Waals surface area contributed by atoms with E-state index >= 15 is 0 Å². The predicted octanol–water partition coefficient (Wildman–Crippen LogP) is 4.31. The summed E-state index contributed by atoms with van der Waals surface area (Å²) in [5.41, 5.74) is 0.00109. The molecule has 4 atom stereocenters. The second-order valence-corrected chi connectivity index (χ2v) is 7.63. The third-order valence-corrected chi connectivity index (χ3v) is 6.57. The van der Waals surface area contributed by atoms with Crippen LogP contribution in [-0.4, -0.2) is 11.6 Å². The maximum absolute atomic E-state index is 12.3. The molecule has 0 saturated heterocycles. The van der Waals surface area contributed by atoms with Gasteiger partial charge in [-0.15, -0.1) is 0 Å². The van der Waals surface area contributed by atoms with Gasteiger partial charge in [0.15, 0.2) is 0 Å². The zero-order valence-corrected chi connectivity index (χ0v) is 12.8. The summed E-state index contributed by atoms with van der Waals surface area (Å²) >= 11 is 0. The van der Waals surface area contributed by atoms with E-state index in [0.717, 1.165) is 56.8 Å². The third-order valence-electron chi connectivity index (χ3n) is 6.57. The molecule has 2 nitrogen and oxygen atoms in total. The molecule has 0 radical (unpaired) electrons. The first kappa shape index (κ1) is 14.3. The summed E-state index contributed by atoms with van der Waals surface area (Å²) in [5.74, 6) is 3.19. The average Bonchev–Trinajstić information content (AvgIpc) is 2.73. The molecule has 3 saturated carbocycles. The lowest BCUT2D eigenvalue weighted by molar-refractivity contribution is -0.130. The van der Waals surface area contributed by atoms with E-state index in [1.165, 1.54) is 25.7 Å². The van der Waals surface area contributed by atoms with Crippen LogP contribution in [0.5, 0.6) is 0 Å². The Hall–Kier alpha value is -0.660. The second-order valence-electron chi connectivity index (χ2n) is 7.63. The van der Waals surface area contributed by atoms with E-state index in [2.05, 4.69) is 6.92 Å². The molecule has 0 aromatic heterocycles. The van der Waals surface area contributed by atoms with Gasteiger partial charge in [-0.2, -0.15) is 0 Å². The number of carbonyl (C=O) groups is 2. The van der Waals surface area contributed by atoms with E-state index in [0.29, 0.717) is 17.5 Å². The number of Topliss-reactive ketones (excluding diaryl/α,β-unsaturated/α-hetero) is 2. The first-order chi connectivity index (χ1) is 9.61. The van der Waals surface area contributed by atoms with Gasteiger partial charge in [0.25, 0.3) is 0 Å². The maximum Gasteiger partial charge on any atom is 0.139 e. The lowest BCUT2D eigenvalue weighted by Crippen LogP contribution is -2.41. The molecule has 0 amide bonds. The molecule has 3 aliphatic carbocycles. The molecule has 0 aliphatic heterocycles. The van der Waals surface area contributed by atoms with Gasteiger partial charge in [-0.3, -0.25) is 9.59 Å². The van der Waals surface area contributed by atoms with Gasteiger partial charge in [0, 0.05) is 24.7 Å². The van der Waals surface area contributed by atoms with Crippen molar-refractivity contribution in [3.8, 4) is 0 Å². The first-order valence-electron chi connectivity index (χ1n) is 8.66. The smallest absolute Gasteiger partial charge is 0.139 e. The van der Waals surface area contributed by atoms with Crippen LogP contribution in [0.15, 0.2) is 0 Å². The summed E-state index contributed by atoms with van der Waals surface area (Å²) in [6.07, 6.45) is 11.7. The summed E-state index contributed by atoms with van der Waals surface area (Å²) < 4.78 is 0. The SMILES string of the molecule is C[C@@]12CCC3CCCC(=O)CCCC[C@@H]3C1CCC2=O. The minimum Gasteiger partial charge on any atom is -0.300 e. The van der Waals surface area contributed by atoms with Gasteiger partial charge < -0.3 is 0 Å². The molecule has 0 bridgehead atoms. The predicted molar refractivity (Wildman–Crippen MR) is 79.4 cm³/mol. The van der Waals surface area contributed by atoms with Crippen LogP contribution in [0.25, 0.3) is 0 Å². The molecular formula is C18H28O2. The van der Waals surface area contributed by atoms with Gasteiger partial charge in [-0.25, -0.2) is 0 Å². The average molecular weight is 276 g/mol. The second kappa shape index (κ2) is 5.61. The summed E-state index contributed by atoms with van der Waals surface area (Å²) in [6.45, 7) is 2.24. The fourth-order valence-electron chi connectivity index (χ4n) is 5.32. The minimum atomic E-state index is 0.00109. The molecule has 0 aromatic rings. The molecule has 0 N–H and O–H groups in total. The quantitative estimate of drug-likeness (QED) is 0.660. The Morgan fingerprint density at radius 3 is 2.55 bits per heavy atom. The highest BCUT2D eigenvalue weighted by molar-refractivity contribution is 5.87. The monoisotopic (exact) mass is 276 g/mol. The van der Waals surface area contributed by atoms with Crippen LogP contribution >= 0.6 is 0 Å². The molecule has 0 heterocycles. The number of hydrogen-bond donors (Lipinski definition) is 0. The molecule has 3 rings (SSSR count). The van der Waals surface area contributed by atoms with Crippen LogP contribution < -0.4 is 0 Å². The van der Waals surface area contributed by atoms with Crippen molar-refractivity contribution in [3.05, 3.63) is 0 Å². The fourth-order valence-corrected chi connectivity index (χ4v) is 5.32. The highest BCUT2D eigenvalue weighted by atomic mass is 16.1. The Morgan fingerprint density at radius 1 is 0.900 bits per heavy atom. The number of ketones is 2. The summed E-state index contributed by atoms with van der Waals surface area (Å²) in [5, 5.41) is 0. The molecular weight excluding hydrogens is 248 g/mol. The van der Waals surface area contributed by atoms with Crippen LogP contribution in [0.4, 0.5) is 0 Å².